The van der Waals surface area contributed by atoms with E-state index < -0.39 is 0 Å². The minimum Gasteiger partial charge on any atom is -0.466 e. The third kappa shape index (κ3) is 2.86. The summed E-state index contributed by atoms with van der Waals surface area (Å²) in [6.45, 7) is 5.81. The monoisotopic (exact) mass is 256 g/mol. The van der Waals surface area contributed by atoms with Crippen LogP contribution in [0.1, 0.15) is 46.0 Å². The van der Waals surface area contributed by atoms with Crippen molar-refractivity contribution >= 4 is 5.97 Å². The Bertz CT molecular complexity index is 274. The van der Waals surface area contributed by atoms with Crippen LogP contribution in [0.25, 0.3) is 0 Å². The molecule has 0 aromatic carbocycles. The molecule has 0 bridgehead atoms. The van der Waals surface area contributed by atoms with Gasteiger partial charge < -0.3 is 14.2 Å². The number of rotatable bonds is 4. The lowest BCUT2D eigenvalue weighted by Crippen LogP contribution is -2.38. The first kappa shape index (κ1) is 13.8. The van der Waals surface area contributed by atoms with E-state index in [1.165, 1.54) is 0 Å². The van der Waals surface area contributed by atoms with Gasteiger partial charge in [0.15, 0.2) is 5.79 Å². The summed E-state index contributed by atoms with van der Waals surface area (Å²) in [5.41, 5.74) is 0. The molecule has 0 aromatic heterocycles. The van der Waals surface area contributed by atoms with Crippen molar-refractivity contribution in [3.8, 4) is 0 Å². The Labute approximate surface area is 109 Å². The van der Waals surface area contributed by atoms with Gasteiger partial charge in [-0.15, -0.1) is 0 Å². The zero-order valence-corrected chi connectivity index (χ0v) is 11.4. The van der Waals surface area contributed by atoms with E-state index in [0.717, 1.165) is 32.1 Å². The predicted octanol–water partition coefficient (Wildman–Crippen LogP) is 2.51. The molecular formula is C14H24O4. The Balaban J connectivity index is 1.89. The Kier molecular flexibility index (Phi) is 4.62. The lowest BCUT2D eigenvalue weighted by atomic mass is 9.76. The van der Waals surface area contributed by atoms with Gasteiger partial charge in [0.2, 0.25) is 0 Å². The Hall–Kier alpha value is -0.610. The van der Waals surface area contributed by atoms with Crippen molar-refractivity contribution in [2.24, 2.45) is 11.8 Å². The van der Waals surface area contributed by atoms with Crippen molar-refractivity contribution in [2.75, 3.05) is 19.8 Å². The summed E-state index contributed by atoms with van der Waals surface area (Å²) in [4.78, 5) is 11.9. The van der Waals surface area contributed by atoms with Gasteiger partial charge in [-0.1, -0.05) is 6.92 Å². The van der Waals surface area contributed by atoms with Gasteiger partial charge in [-0.2, -0.15) is 0 Å². The summed E-state index contributed by atoms with van der Waals surface area (Å²) in [7, 11) is 0. The molecule has 0 amide bonds. The summed E-state index contributed by atoms with van der Waals surface area (Å²) < 4.78 is 16.6. The van der Waals surface area contributed by atoms with Crippen molar-refractivity contribution in [1.29, 1.82) is 0 Å². The molecule has 1 atom stereocenters. The summed E-state index contributed by atoms with van der Waals surface area (Å²) in [6, 6.07) is 0. The Morgan fingerprint density at radius 2 is 1.89 bits per heavy atom. The van der Waals surface area contributed by atoms with Crippen LogP contribution in [0.4, 0.5) is 0 Å². The Morgan fingerprint density at radius 3 is 2.39 bits per heavy atom. The maximum Gasteiger partial charge on any atom is 0.309 e. The summed E-state index contributed by atoms with van der Waals surface area (Å²) in [5, 5.41) is 0. The molecule has 4 heteroatoms. The number of carbonyl (C=O) groups excluding carboxylic acids is 1. The fraction of sp³-hybridized carbons (Fsp3) is 0.929. The van der Waals surface area contributed by atoms with Gasteiger partial charge in [-0.3, -0.25) is 4.79 Å². The molecule has 1 aliphatic carbocycles. The maximum atomic E-state index is 11.9. The molecule has 0 N–H and O–H groups in total. The zero-order valence-electron chi connectivity index (χ0n) is 11.4. The summed E-state index contributed by atoms with van der Waals surface area (Å²) >= 11 is 0. The second-order valence-corrected chi connectivity index (χ2v) is 5.21. The first-order chi connectivity index (χ1) is 8.71. The van der Waals surface area contributed by atoms with Crippen LogP contribution in [-0.4, -0.2) is 31.6 Å². The van der Waals surface area contributed by atoms with Gasteiger partial charge >= 0.3 is 5.97 Å². The SMILES string of the molecule is CCOC(=O)C(CC)C1CCC2(CC1)OCCO2. The molecule has 1 spiro atoms. The second kappa shape index (κ2) is 6.02. The fourth-order valence-corrected chi connectivity index (χ4v) is 3.21. The van der Waals surface area contributed by atoms with E-state index in [2.05, 4.69) is 6.92 Å². The van der Waals surface area contributed by atoms with Crippen molar-refractivity contribution in [1.82, 2.24) is 0 Å². The highest BCUT2D eigenvalue weighted by Gasteiger charge is 2.43. The largest absolute Gasteiger partial charge is 0.466 e. The number of carbonyl (C=O) groups is 1. The number of hydrogen-bond donors (Lipinski definition) is 0. The van der Waals surface area contributed by atoms with Crippen LogP contribution in [0.15, 0.2) is 0 Å². The van der Waals surface area contributed by atoms with Crippen molar-refractivity contribution < 1.29 is 19.0 Å². The van der Waals surface area contributed by atoms with Gasteiger partial charge in [0, 0.05) is 12.8 Å². The van der Waals surface area contributed by atoms with Crippen molar-refractivity contribution in [2.45, 2.75) is 51.7 Å². The van der Waals surface area contributed by atoms with Crippen LogP contribution >= 0.6 is 0 Å². The number of hydrogen-bond acceptors (Lipinski definition) is 4. The van der Waals surface area contributed by atoms with Gasteiger partial charge in [-0.05, 0) is 32.1 Å². The van der Waals surface area contributed by atoms with Crippen molar-refractivity contribution in [3.63, 3.8) is 0 Å². The smallest absolute Gasteiger partial charge is 0.309 e. The summed E-state index contributed by atoms with van der Waals surface area (Å²) in [6.07, 6.45) is 4.67. The van der Waals surface area contributed by atoms with E-state index in [-0.39, 0.29) is 17.7 Å². The highest BCUT2D eigenvalue weighted by molar-refractivity contribution is 5.72. The van der Waals surface area contributed by atoms with Gasteiger partial charge in [-0.25, -0.2) is 0 Å². The van der Waals surface area contributed by atoms with E-state index in [1.54, 1.807) is 0 Å². The van der Waals surface area contributed by atoms with Crippen molar-refractivity contribution in [3.05, 3.63) is 0 Å². The van der Waals surface area contributed by atoms with E-state index in [4.69, 9.17) is 14.2 Å². The van der Waals surface area contributed by atoms with Crippen LogP contribution in [-0.2, 0) is 19.0 Å². The maximum absolute atomic E-state index is 11.9. The molecule has 2 rings (SSSR count). The molecule has 2 fully saturated rings. The number of ether oxygens (including phenoxy) is 3. The third-order valence-electron chi connectivity index (χ3n) is 4.20. The molecule has 1 saturated carbocycles. The molecule has 0 radical (unpaired) electrons. The molecular weight excluding hydrogens is 232 g/mol. The Morgan fingerprint density at radius 1 is 1.28 bits per heavy atom. The molecule has 18 heavy (non-hydrogen) atoms. The van der Waals surface area contributed by atoms with E-state index in [9.17, 15) is 4.79 Å². The molecule has 1 heterocycles. The van der Waals surface area contributed by atoms with E-state index in [1.807, 2.05) is 6.92 Å². The quantitative estimate of drug-likeness (QED) is 0.725. The second-order valence-electron chi connectivity index (χ2n) is 5.21. The predicted molar refractivity (Wildman–Crippen MR) is 67.0 cm³/mol. The van der Waals surface area contributed by atoms with Crippen LogP contribution in [0.2, 0.25) is 0 Å². The molecule has 2 aliphatic rings. The lowest BCUT2D eigenvalue weighted by Gasteiger charge is -2.37. The molecule has 1 aliphatic heterocycles. The van der Waals surface area contributed by atoms with Crippen LogP contribution in [0, 0.1) is 11.8 Å². The van der Waals surface area contributed by atoms with Gasteiger partial charge in [0.05, 0.1) is 25.7 Å². The standard InChI is InChI=1S/C14H24O4/c1-3-12(13(15)16-4-2)11-5-7-14(8-6-11)17-9-10-18-14/h11-12H,3-10H2,1-2H3. The first-order valence-electron chi connectivity index (χ1n) is 7.15. The topological polar surface area (TPSA) is 44.8 Å². The highest BCUT2D eigenvalue weighted by atomic mass is 16.7. The fourth-order valence-electron chi connectivity index (χ4n) is 3.21. The lowest BCUT2D eigenvalue weighted by molar-refractivity contribution is -0.187. The first-order valence-corrected chi connectivity index (χ1v) is 7.15. The molecule has 1 unspecified atom stereocenters. The highest BCUT2D eigenvalue weighted by Crippen LogP contribution is 2.41. The number of esters is 1. The van der Waals surface area contributed by atoms with E-state index in [0.29, 0.717) is 25.7 Å². The van der Waals surface area contributed by atoms with Crippen LogP contribution < -0.4 is 0 Å². The molecule has 1 saturated heterocycles. The summed E-state index contributed by atoms with van der Waals surface area (Å²) in [5.74, 6) is 0.106. The third-order valence-corrected chi connectivity index (χ3v) is 4.20. The van der Waals surface area contributed by atoms with Gasteiger partial charge in [0.25, 0.3) is 0 Å². The van der Waals surface area contributed by atoms with Crippen LogP contribution in [0.3, 0.4) is 0 Å². The van der Waals surface area contributed by atoms with Gasteiger partial charge in [0.1, 0.15) is 0 Å². The molecule has 104 valence electrons. The molecule has 4 nitrogen and oxygen atoms in total. The minimum atomic E-state index is -0.330. The normalized spacial score (nSPS) is 25.2. The average Bonchev–Trinajstić information content (AvgIpc) is 2.82. The minimum absolute atomic E-state index is 0.0331. The van der Waals surface area contributed by atoms with E-state index >= 15 is 0 Å². The molecule has 0 aromatic rings. The van der Waals surface area contributed by atoms with Crippen LogP contribution in [0.5, 0.6) is 0 Å². The zero-order chi connectivity index (χ0) is 13.0. The average molecular weight is 256 g/mol.